The van der Waals surface area contributed by atoms with Gasteiger partial charge in [-0.1, -0.05) is 11.6 Å². The molecular weight excluding hydrogens is 296 g/mol. The largest absolute Gasteiger partial charge is 0.478 e. The van der Waals surface area contributed by atoms with Crippen LogP contribution in [0.1, 0.15) is 20.7 Å². The molecule has 1 N–H and O–H groups in total. The Morgan fingerprint density at radius 3 is 2.33 bits per heavy atom. The van der Waals surface area contributed by atoms with Crippen molar-refractivity contribution < 1.29 is 19.5 Å². The number of carbonyl (C=O) groups excluding carboxylic acids is 2. The molecule has 0 unspecified atom stereocenters. The summed E-state index contributed by atoms with van der Waals surface area (Å²) >= 11 is 5.92. The molecule has 6 nitrogen and oxygen atoms in total. The smallest absolute Gasteiger partial charge is 0.337 e. The molecule has 1 aromatic carbocycles. The Bertz CT molecular complexity index is 777. The molecule has 0 aliphatic heterocycles. The van der Waals surface area contributed by atoms with Gasteiger partial charge in [-0.2, -0.15) is 0 Å². The van der Waals surface area contributed by atoms with Crippen molar-refractivity contribution in [3.8, 4) is 0 Å². The zero-order valence-corrected chi connectivity index (χ0v) is 12.4. The van der Waals surface area contributed by atoms with E-state index in [1.807, 2.05) is 0 Å². The van der Waals surface area contributed by atoms with Crippen molar-refractivity contribution >= 4 is 40.2 Å². The molecule has 110 valence electrons. The van der Waals surface area contributed by atoms with Crippen molar-refractivity contribution in [1.29, 1.82) is 0 Å². The highest BCUT2D eigenvalue weighted by molar-refractivity contribution is 6.45. The number of Topliss-reactive ketones (excluding diaryl/α,β-unsaturated/α-hetero) is 1. The maximum Gasteiger partial charge on any atom is 0.337 e. The first-order valence-corrected chi connectivity index (χ1v) is 6.39. The Balaban J connectivity index is 2.71. The maximum atomic E-state index is 12.2. The number of amides is 1. The average molecular weight is 309 g/mol. The third-order valence-electron chi connectivity index (χ3n) is 3.15. The molecule has 0 aliphatic carbocycles. The fraction of sp³-hybridized carbons (Fsp3) is 0.214. The van der Waals surface area contributed by atoms with Crippen LogP contribution in [0.15, 0.2) is 18.3 Å². The molecule has 0 spiro atoms. The second kappa shape index (κ2) is 5.21. The Morgan fingerprint density at radius 2 is 1.81 bits per heavy atom. The summed E-state index contributed by atoms with van der Waals surface area (Å²) in [6, 6.07) is 2.79. The molecule has 0 fully saturated rings. The molecular formula is C14H13ClN2O4. The minimum atomic E-state index is -1.19. The Morgan fingerprint density at radius 1 is 1.19 bits per heavy atom. The van der Waals surface area contributed by atoms with Crippen LogP contribution in [0.25, 0.3) is 10.9 Å². The summed E-state index contributed by atoms with van der Waals surface area (Å²) in [5.41, 5.74) is 0.631. The molecule has 21 heavy (non-hydrogen) atoms. The fourth-order valence-electron chi connectivity index (χ4n) is 2.07. The van der Waals surface area contributed by atoms with E-state index in [-0.39, 0.29) is 16.1 Å². The summed E-state index contributed by atoms with van der Waals surface area (Å²) in [4.78, 5) is 36.3. The van der Waals surface area contributed by atoms with E-state index in [4.69, 9.17) is 16.7 Å². The lowest BCUT2D eigenvalue weighted by Gasteiger charge is -2.08. The van der Waals surface area contributed by atoms with Crippen molar-refractivity contribution in [2.75, 3.05) is 14.1 Å². The second-order valence-corrected chi connectivity index (χ2v) is 5.24. The number of fused-ring (bicyclic) bond motifs is 1. The summed E-state index contributed by atoms with van der Waals surface area (Å²) < 4.78 is 1.63. The lowest BCUT2D eigenvalue weighted by atomic mass is 10.1. The first-order valence-electron chi connectivity index (χ1n) is 6.02. The van der Waals surface area contributed by atoms with Gasteiger partial charge in [0.1, 0.15) is 0 Å². The number of aryl methyl sites for hydroxylation is 1. The van der Waals surface area contributed by atoms with Gasteiger partial charge in [0.2, 0.25) is 0 Å². The Labute approximate surface area is 125 Å². The van der Waals surface area contributed by atoms with Gasteiger partial charge in [-0.05, 0) is 12.1 Å². The summed E-state index contributed by atoms with van der Waals surface area (Å²) in [5.74, 6) is -2.55. The predicted octanol–water partition coefficient (Wildman–Crippen LogP) is 1.80. The highest BCUT2D eigenvalue weighted by Gasteiger charge is 2.24. The molecule has 0 atom stereocenters. The van der Waals surface area contributed by atoms with Gasteiger partial charge in [0.25, 0.3) is 11.7 Å². The van der Waals surface area contributed by atoms with Crippen LogP contribution in [-0.4, -0.2) is 46.3 Å². The van der Waals surface area contributed by atoms with Gasteiger partial charge in [0.15, 0.2) is 0 Å². The number of rotatable bonds is 3. The van der Waals surface area contributed by atoms with Gasteiger partial charge in [-0.3, -0.25) is 9.59 Å². The quantitative estimate of drug-likeness (QED) is 0.692. The first-order chi connectivity index (χ1) is 9.73. The van der Waals surface area contributed by atoms with Crippen LogP contribution in [0.3, 0.4) is 0 Å². The lowest BCUT2D eigenvalue weighted by Crippen LogP contribution is -2.29. The van der Waals surface area contributed by atoms with Gasteiger partial charge in [-0.25, -0.2) is 4.79 Å². The molecule has 0 saturated carbocycles. The van der Waals surface area contributed by atoms with Crippen LogP contribution in [-0.2, 0) is 11.8 Å². The van der Waals surface area contributed by atoms with Crippen molar-refractivity contribution in [3.63, 3.8) is 0 Å². The molecule has 0 saturated heterocycles. The number of likely N-dealkylation sites (N-methyl/N-ethyl adjacent to an activating group) is 1. The summed E-state index contributed by atoms with van der Waals surface area (Å²) in [6.45, 7) is 0. The Kier molecular flexibility index (Phi) is 3.74. The van der Waals surface area contributed by atoms with E-state index in [0.29, 0.717) is 10.9 Å². The minimum absolute atomic E-state index is 0.0779. The number of carbonyl (C=O) groups is 3. The first kappa shape index (κ1) is 15.1. The van der Waals surface area contributed by atoms with Gasteiger partial charge >= 0.3 is 5.97 Å². The Hall–Kier alpha value is -2.34. The normalized spacial score (nSPS) is 10.7. The number of aromatic nitrogens is 1. The van der Waals surface area contributed by atoms with Crippen LogP contribution < -0.4 is 0 Å². The van der Waals surface area contributed by atoms with Gasteiger partial charge in [0.05, 0.1) is 21.7 Å². The lowest BCUT2D eigenvalue weighted by molar-refractivity contribution is -0.124. The summed E-state index contributed by atoms with van der Waals surface area (Å²) in [5, 5.41) is 9.57. The highest BCUT2D eigenvalue weighted by Crippen LogP contribution is 2.28. The molecule has 7 heteroatoms. The maximum absolute atomic E-state index is 12.2. The van der Waals surface area contributed by atoms with Crippen molar-refractivity contribution in [2.45, 2.75) is 0 Å². The summed E-state index contributed by atoms with van der Waals surface area (Å²) in [6.07, 6.45) is 1.50. The second-order valence-electron chi connectivity index (χ2n) is 4.84. The van der Waals surface area contributed by atoms with E-state index < -0.39 is 17.7 Å². The van der Waals surface area contributed by atoms with Crippen molar-refractivity contribution in [3.05, 3.63) is 34.5 Å². The molecule has 0 bridgehead atoms. The highest BCUT2D eigenvalue weighted by atomic mass is 35.5. The average Bonchev–Trinajstić information content (AvgIpc) is 2.72. The van der Waals surface area contributed by atoms with E-state index in [1.165, 1.54) is 37.3 Å². The molecule has 0 aliphatic rings. The van der Waals surface area contributed by atoms with Crippen LogP contribution in [0.5, 0.6) is 0 Å². The number of benzene rings is 1. The fourth-order valence-corrected chi connectivity index (χ4v) is 2.30. The standard InChI is InChI=1S/C14H13ClN2O4/c1-16(2)13(19)12(18)9-6-17(3)11-5-10(15)8(14(20)21)4-7(9)11/h4-6H,1-3H3,(H,20,21). The number of hydrogen-bond donors (Lipinski definition) is 1. The third-order valence-corrected chi connectivity index (χ3v) is 3.47. The van der Waals surface area contributed by atoms with E-state index in [2.05, 4.69) is 0 Å². The monoisotopic (exact) mass is 308 g/mol. The van der Waals surface area contributed by atoms with E-state index >= 15 is 0 Å². The van der Waals surface area contributed by atoms with Crippen LogP contribution >= 0.6 is 11.6 Å². The minimum Gasteiger partial charge on any atom is -0.478 e. The van der Waals surface area contributed by atoms with E-state index in [9.17, 15) is 14.4 Å². The number of nitrogens with zero attached hydrogens (tertiary/aromatic N) is 2. The van der Waals surface area contributed by atoms with Crippen LogP contribution in [0.2, 0.25) is 5.02 Å². The third kappa shape index (κ3) is 2.50. The number of ketones is 1. The van der Waals surface area contributed by atoms with E-state index in [1.54, 1.807) is 11.6 Å². The molecule has 1 amide bonds. The molecule has 2 aromatic rings. The van der Waals surface area contributed by atoms with Crippen LogP contribution in [0.4, 0.5) is 0 Å². The van der Waals surface area contributed by atoms with Crippen LogP contribution in [0, 0.1) is 0 Å². The topological polar surface area (TPSA) is 79.6 Å². The number of halogens is 1. The van der Waals surface area contributed by atoms with Crippen molar-refractivity contribution in [1.82, 2.24) is 9.47 Å². The number of carboxylic acids is 1. The van der Waals surface area contributed by atoms with Gasteiger partial charge < -0.3 is 14.6 Å². The zero-order chi connectivity index (χ0) is 15.9. The zero-order valence-electron chi connectivity index (χ0n) is 11.7. The molecule has 2 rings (SSSR count). The number of aromatic carboxylic acids is 1. The van der Waals surface area contributed by atoms with Crippen molar-refractivity contribution in [2.24, 2.45) is 7.05 Å². The van der Waals surface area contributed by atoms with Gasteiger partial charge in [0, 0.05) is 32.7 Å². The number of hydrogen-bond acceptors (Lipinski definition) is 3. The molecule has 1 aromatic heterocycles. The number of carboxylic acid groups (broad SMARTS) is 1. The summed E-state index contributed by atoms with van der Waals surface area (Å²) in [7, 11) is 4.64. The van der Waals surface area contributed by atoms with Gasteiger partial charge in [-0.15, -0.1) is 0 Å². The SMILES string of the molecule is CN(C)C(=O)C(=O)c1cn(C)c2cc(Cl)c(C(=O)O)cc12. The molecule has 1 heterocycles. The predicted molar refractivity (Wildman–Crippen MR) is 77.9 cm³/mol. The van der Waals surface area contributed by atoms with E-state index in [0.717, 1.165) is 0 Å². The molecule has 0 radical (unpaired) electrons.